The molecule has 0 aromatic carbocycles. The minimum absolute atomic E-state index is 0. The van der Waals surface area contributed by atoms with Crippen LogP contribution in [-0.4, -0.2) is 61.1 Å². The fourth-order valence-corrected chi connectivity index (χ4v) is 3.80. The van der Waals surface area contributed by atoms with Gasteiger partial charge in [0.2, 0.25) is 11.8 Å². The van der Waals surface area contributed by atoms with Crippen LogP contribution in [0.4, 0.5) is 0 Å². The first-order valence-corrected chi connectivity index (χ1v) is 9.53. The molecular weight excluding hydrogens is 481 g/mol. The van der Waals surface area contributed by atoms with Crippen molar-refractivity contribution in [1.29, 1.82) is 0 Å². The number of rotatable bonds is 5. The highest BCUT2D eigenvalue weighted by Crippen LogP contribution is 2.36. The molecule has 2 aliphatic heterocycles. The number of ether oxygens (including phenoxy) is 1. The van der Waals surface area contributed by atoms with Crippen molar-refractivity contribution in [2.45, 2.75) is 26.2 Å². The Kier molecular flexibility index (Phi) is 8.40. The molecule has 0 aliphatic carbocycles. The summed E-state index contributed by atoms with van der Waals surface area (Å²) in [6.45, 7) is 6.34. The Morgan fingerprint density at radius 3 is 3.11 bits per heavy atom. The Balaban J connectivity index is 0.00000261. The highest BCUT2D eigenvalue weighted by molar-refractivity contribution is 14.0. The lowest BCUT2D eigenvalue weighted by molar-refractivity contribution is -0.119. The van der Waals surface area contributed by atoms with Crippen molar-refractivity contribution >= 4 is 47.4 Å². The summed E-state index contributed by atoms with van der Waals surface area (Å²) in [6.07, 6.45) is 4.42. The van der Waals surface area contributed by atoms with Crippen molar-refractivity contribution in [1.82, 2.24) is 20.5 Å². The van der Waals surface area contributed by atoms with Crippen molar-refractivity contribution < 1.29 is 9.53 Å². The van der Waals surface area contributed by atoms with Crippen LogP contribution in [0.15, 0.2) is 23.3 Å². The second-order valence-electron chi connectivity index (χ2n) is 6.85. The third-order valence-electron chi connectivity index (χ3n) is 4.81. The molecule has 3 heterocycles. The number of amides is 1. The van der Waals surface area contributed by atoms with Gasteiger partial charge in [0.25, 0.3) is 0 Å². The summed E-state index contributed by atoms with van der Waals surface area (Å²) in [4.78, 5) is 22.7. The number of aliphatic imine (C=N–C) groups is 1. The van der Waals surface area contributed by atoms with Gasteiger partial charge in [-0.2, -0.15) is 0 Å². The minimum atomic E-state index is 0. The highest BCUT2D eigenvalue weighted by Gasteiger charge is 2.42. The summed E-state index contributed by atoms with van der Waals surface area (Å²) in [6, 6.07) is 3.52. The summed E-state index contributed by atoms with van der Waals surface area (Å²) in [5.74, 6) is 1.47. The predicted octanol–water partition coefficient (Wildman–Crippen LogP) is 2.30. The first kappa shape index (κ1) is 22.0. The molecule has 0 bridgehead atoms. The molecule has 2 saturated heterocycles. The van der Waals surface area contributed by atoms with Gasteiger partial charge in [-0.15, -0.1) is 24.0 Å². The van der Waals surface area contributed by atoms with Crippen LogP contribution in [0.3, 0.4) is 0 Å². The van der Waals surface area contributed by atoms with E-state index >= 15 is 0 Å². The van der Waals surface area contributed by atoms with Gasteiger partial charge in [-0.3, -0.25) is 4.79 Å². The van der Waals surface area contributed by atoms with Gasteiger partial charge in [0, 0.05) is 44.2 Å². The molecule has 0 saturated carbocycles. The number of hydrogen-bond donors (Lipinski definition) is 2. The van der Waals surface area contributed by atoms with E-state index in [1.807, 2.05) is 0 Å². The molecule has 2 fully saturated rings. The van der Waals surface area contributed by atoms with Crippen molar-refractivity contribution in [3.63, 3.8) is 0 Å². The zero-order chi connectivity index (χ0) is 18.4. The third-order valence-corrected chi connectivity index (χ3v) is 5.10. The molecule has 27 heavy (non-hydrogen) atoms. The molecule has 1 unspecified atom stereocenters. The van der Waals surface area contributed by atoms with Crippen LogP contribution >= 0.6 is 35.6 Å². The number of hydrogen-bond acceptors (Lipinski definition) is 4. The van der Waals surface area contributed by atoms with Crippen molar-refractivity contribution in [2.24, 2.45) is 10.4 Å². The lowest BCUT2D eigenvalue weighted by Gasteiger charge is -2.40. The van der Waals surface area contributed by atoms with Crippen molar-refractivity contribution in [3.8, 4) is 5.88 Å². The molecule has 2 N–H and O–H groups in total. The van der Waals surface area contributed by atoms with Gasteiger partial charge in [-0.1, -0.05) is 11.6 Å². The number of pyridine rings is 1. The zero-order valence-corrected chi connectivity index (χ0v) is 18.6. The molecular formula is C18H27ClIN5O2. The molecule has 7 nitrogen and oxygen atoms in total. The van der Waals surface area contributed by atoms with Crippen LogP contribution in [0.2, 0.25) is 5.02 Å². The van der Waals surface area contributed by atoms with Crippen LogP contribution in [-0.2, 0) is 4.79 Å². The second kappa shape index (κ2) is 10.3. The van der Waals surface area contributed by atoms with E-state index in [2.05, 4.69) is 32.4 Å². The highest BCUT2D eigenvalue weighted by atomic mass is 127. The van der Waals surface area contributed by atoms with E-state index in [9.17, 15) is 4.79 Å². The lowest BCUT2D eigenvalue weighted by Crippen LogP contribution is -2.51. The number of halogens is 2. The Labute approximate surface area is 182 Å². The SMILES string of the molecule is CCNC(=NCCOc1ncccc1Cl)N1CCCC2(CNC(=O)C2)C1.I. The normalized spacial score (nSPS) is 22.4. The van der Waals surface area contributed by atoms with E-state index in [1.165, 1.54) is 0 Å². The third kappa shape index (κ3) is 5.84. The molecule has 150 valence electrons. The predicted molar refractivity (Wildman–Crippen MR) is 117 cm³/mol. The summed E-state index contributed by atoms with van der Waals surface area (Å²) in [5.41, 5.74) is 0.0451. The van der Waals surface area contributed by atoms with Crippen molar-refractivity contribution in [3.05, 3.63) is 23.4 Å². The van der Waals surface area contributed by atoms with E-state index in [4.69, 9.17) is 16.3 Å². The Bertz CT molecular complexity index is 675. The number of piperidine rings is 1. The maximum absolute atomic E-state index is 11.7. The largest absolute Gasteiger partial charge is 0.475 e. The quantitative estimate of drug-likeness (QED) is 0.277. The Morgan fingerprint density at radius 1 is 1.56 bits per heavy atom. The molecule has 3 rings (SSSR count). The number of guanidine groups is 1. The molecule has 9 heteroatoms. The van der Waals surface area contributed by atoms with Crippen LogP contribution in [0.1, 0.15) is 26.2 Å². The molecule has 1 aromatic rings. The fourth-order valence-electron chi connectivity index (χ4n) is 3.63. The number of carbonyl (C=O) groups excluding carboxylic acids is 1. The van der Waals surface area contributed by atoms with E-state index < -0.39 is 0 Å². The van der Waals surface area contributed by atoms with Gasteiger partial charge in [0.05, 0.1) is 6.54 Å². The van der Waals surface area contributed by atoms with Gasteiger partial charge in [0.15, 0.2) is 5.96 Å². The zero-order valence-electron chi connectivity index (χ0n) is 15.5. The van der Waals surface area contributed by atoms with Gasteiger partial charge in [0.1, 0.15) is 11.6 Å². The number of nitrogens with zero attached hydrogens (tertiary/aromatic N) is 3. The maximum atomic E-state index is 11.7. The first-order valence-electron chi connectivity index (χ1n) is 9.15. The fraction of sp³-hybridized carbons (Fsp3) is 0.611. The average molecular weight is 508 g/mol. The first-order chi connectivity index (χ1) is 12.6. The second-order valence-corrected chi connectivity index (χ2v) is 7.26. The lowest BCUT2D eigenvalue weighted by atomic mass is 9.79. The number of likely N-dealkylation sites (tertiary alicyclic amines) is 1. The topological polar surface area (TPSA) is 78.9 Å². The number of aromatic nitrogens is 1. The number of nitrogens with one attached hydrogen (secondary N) is 2. The summed E-state index contributed by atoms with van der Waals surface area (Å²) >= 11 is 6.04. The molecule has 0 radical (unpaired) electrons. The molecule has 1 aromatic heterocycles. The van der Waals surface area contributed by atoms with E-state index in [0.29, 0.717) is 30.5 Å². The van der Waals surface area contributed by atoms with Crippen LogP contribution in [0.5, 0.6) is 5.88 Å². The Hall–Kier alpha value is -1.29. The van der Waals surface area contributed by atoms with Gasteiger partial charge in [-0.25, -0.2) is 9.98 Å². The average Bonchev–Trinajstić information content (AvgIpc) is 2.99. The smallest absolute Gasteiger partial charge is 0.232 e. The van der Waals surface area contributed by atoms with E-state index in [0.717, 1.165) is 45.0 Å². The van der Waals surface area contributed by atoms with Crippen LogP contribution in [0, 0.1) is 5.41 Å². The molecule has 2 aliphatic rings. The summed E-state index contributed by atoms with van der Waals surface area (Å²) in [5, 5.41) is 6.84. The van der Waals surface area contributed by atoms with Gasteiger partial charge < -0.3 is 20.3 Å². The van der Waals surface area contributed by atoms with Crippen molar-refractivity contribution in [2.75, 3.05) is 39.3 Å². The Morgan fingerprint density at radius 2 is 2.41 bits per heavy atom. The summed E-state index contributed by atoms with van der Waals surface area (Å²) in [7, 11) is 0. The van der Waals surface area contributed by atoms with Gasteiger partial charge >= 0.3 is 0 Å². The summed E-state index contributed by atoms with van der Waals surface area (Å²) < 4.78 is 5.61. The minimum Gasteiger partial charge on any atom is -0.475 e. The van der Waals surface area contributed by atoms with Crippen LogP contribution < -0.4 is 15.4 Å². The molecule has 1 amide bonds. The van der Waals surface area contributed by atoms with Crippen LogP contribution in [0.25, 0.3) is 0 Å². The monoisotopic (exact) mass is 507 g/mol. The molecule has 1 atom stereocenters. The molecule has 1 spiro atoms. The standard InChI is InChI=1S/C18H26ClN5O2.HI/c1-2-20-17(22-8-10-26-16-14(19)5-3-7-21-16)24-9-4-6-18(13-24)11-15(25)23-12-18;/h3,5,7H,2,4,6,8-13H2,1H3,(H,20,22)(H,23,25);1H. The maximum Gasteiger partial charge on any atom is 0.232 e. The van der Waals surface area contributed by atoms with E-state index in [-0.39, 0.29) is 35.3 Å². The van der Waals surface area contributed by atoms with E-state index in [1.54, 1.807) is 18.3 Å². The van der Waals surface area contributed by atoms with Gasteiger partial charge in [-0.05, 0) is 31.9 Å². The number of carbonyl (C=O) groups is 1.